The first-order valence-corrected chi connectivity index (χ1v) is 8.33. The molecule has 0 atom stereocenters. The van der Waals surface area contributed by atoms with E-state index in [-0.39, 0.29) is 0 Å². The molecule has 0 amide bonds. The molecule has 104 valence electrons. The fourth-order valence-corrected chi connectivity index (χ4v) is 3.59. The first-order valence-electron chi connectivity index (χ1n) is 6.72. The molecule has 0 aliphatic heterocycles. The normalized spacial score (nSPS) is 10.4. The average molecular weight is 349 g/mol. The van der Waals surface area contributed by atoms with Crippen LogP contribution in [0.5, 0.6) is 0 Å². The molecule has 0 aliphatic rings. The zero-order valence-corrected chi connectivity index (χ0v) is 13.6. The molecule has 0 unspecified atom stereocenters. The predicted octanol–water partition coefficient (Wildman–Crippen LogP) is 4.96. The van der Waals surface area contributed by atoms with Crippen LogP contribution in [0.3, 0.4) is 0 Å². The molecule has 1 N–H and O–H groups in total. The van der Waals surface area contributed by atoms with Crippen molar-refractivity contribution in [2.75, 3.05) is 6.54 Å². The van der Waals surface area contributed by atoms with E-state index in [2.05, 4.69) is 57.6 Å². The van der Waals surface area contributed by atoms with Crippen molar-refractivity contribution >= 4 is 27.3 Å². The summed E-state index contributed by atoms with van der Waals surface area (Å²) in [5, 5.41) is 11.9. The molecule has 1 aromatic heterocycles. The monoisotopic (exact) mass is 348 g/mol. The van der Waals surface area contributed by atoms with Gasteiger partial charge in [0.1, 0.15) is 0 Å². The third kappa shape index (κ3) is 4.45. The van der Waals surface area contributed by atoms with E-state index in [0.717, 1.165) is 30.4 Å². The number of nitrogens with zero attached hydrogens (tertiary/aromatic N) is 1. The summed E-state index contributed by atoms with van der Waals surface area (Å²) in [6, 6.07) is 14.8. The molecular formula is C16H17BrN2S. The van der Waals surface area contributed by atoms with Gasteiger partial charge < -0.3 is 5.32 Å². The fraction of sp³-hybridized carbons (Fsp3) is 0.312. The van der Waals surface area contributed by atoms with Gasteiger partial charge in [0.05, 0.1) is 6.07 Å². The highest BCUT2D eigenvalue weighted by molar-refractivity contribution is 9.10. The summed E-state index contributed by atoms with van der Waals surface area (Å²) in [5.41, 5.74) is 1.25. The number of unbranched alkanes of at least 4 members (excludes halogenated alkanes) is 2. The van der Waals surface area contributed by atoms with Gasteiger partial charge in [0.25, 0.3) is 0 Å². The van der Waals surface area contributed by atoms with Gasteiger partial charge in [-0.2, -0.15) is 5.26 Å². The smallest absolute Gasteiger partial charge is 0.0621 e. The maximum Gasteiger partial charge on any atom is 0.0621 e. The van der Waals surface area contributed by atoms with Crippen molar-refractivity contribution in [3.05, 3.63) is 45.7 Å². The number of hydrogen-bond acceptors (Lipinski definition) is 3. The highest BCUT2D eigenvalue weighted by atomic mass is 79.9. The van der Waals surface area contributed by atoms with Gasteiger partial charge >= 0.3 is 0 Å². The molecule has 0 saturated heterocycles. The number of thiophene rings is 1. The summed E-state index contributed by atoms with van der Waals surface area (Å²) in [7, 11) is 0. The lowest BCUT2D eigenvalue weighted by molar-refractivity contribution is 0.632. The van der Waals surface area contributed by atoms with Crippen LogP contribution in [0.4, 0.5) is 0 Å². The third-order valence-electron chi connectivity index (χ3n) is 2.99. The van der Waals surface area contributed by atoms with E-state index in [1.54, 1.807) is 0 Å². The van der Waals surface area contributed by atoms with Crippen LogP contribution >= 0.6 is 27.3 Å². The largest absolute Gasteiger partial charge is 0.312 e. The van der Waals surface area contributed by atoms with Crippen molar-refractivity contribution < 1.29 is 0 Å². The standard InChI is InChI=1S/C16H17BrN2S/c17-15-7-3-2-6-14(15)16-9-8-13(20-16)12-19-11-5-1-4-10-18/h2-3,6-9,19H,1,4-5,11-12H2. The summed E-state index contributed by atoms with van der Waals surface area (Å²) >= 11 is 5.42. The Morgan fingerprint density at radius 1 is 1.15 bits per heavy atom. The van der Waals surface area contributed by atoms with Gasteiger partial charge in [-0.3, -0.25) is 0 Å². The number of rotatable bonds is 7. The minimum absolute atomic E-state index is 0.660. The van der Waals surface area contributed by atoms with Crippen LogP contribution in [-0.2, 0) is 6.54 Å². The predicted molar refractivity (Wildman–Crippen MR) is 88.6 cm³/mol. The second kappa shape index (κ2) is 8.21. The zero-order valence-electron chi connectivity index (χ0n) is 11.2. The second-order valence-electron chi connectivity index (χ2n) is 4.54. The van der Waals surface area contributed by atoms with E-state index in [9.17, 15) is 0 Å². The maximum atomic E-state index is 8.46. The lowest BCUT2D eigenvalue weighted by Crippen LogP contribution is -2.13. The summed E-state index contributed by atoms with van der Waals surface area (Å²) in [6.07, 6.45) is 2.71. The molecule has 2 aromatic rings. The van der Waals surface area contributed by atoms with Crippen LogP contribution in [-0.4, -0.2) is 6.54 Å². The van der Waals surface area contributed by atoms with Gasteiger partial charge in [0, 0.05) is 32.8 Å². The molecule has 1 heterocycles. The highest BCUT2D eigenvalue weighted by Gasteiger charge is 2.05. The second-order valence-corrected chi connectivity index (χ2v) is 6.56. The van der Waals surface area contributed by atoms with Gasteiger partial charge in [0.15, 0.2) is 0 Å². The van der Waals surface area contributed by atoms with E-state index >= 15 is 0 Å². The first kappa shape index (κ1) is 15.2. The average Bonchev–Trinajstić information content (AvgIpc) is 2.92. The van der Waals surface area contributed by atoms with Crippen LogP contribution in [0, 0.1) is 11.3 Å². The van der Waals surface area contributed by atoms with E-state index in [0.29, 0.717) is 6.42 Å². The SMILES string of the molecule is N#CCCCCNCc1ccc(-c2ccccc2Br)s1. The molecule has 1 aromatic carbocycles. The Balaban J connectivity index is 1.84. The fourth-order valence-electron chi connectivity index (χ4n) is 1.94. The number of nitrogens with one attached hydrogen (secondary N) is 1. The number of hydrogen-bond donors (Lipinski definition) is 1. The van der Waals surface area contributed by atoms with Gasteiger partial charge in [-0.1, -0.05) is 34.1 Å². The minimum Gasteiger partial charge on any atom is -0.312 e. The highest BCUT2D eigenvalue weighted by Crippen LogP contribution is 2.33. The molecule has 0 radical (unpaired) electrons. The van der Waals surface area contributed by atoms with Gasteiger partial charge in [-0.15, -0.1) is 11.3 Å². The van der Waals surface area contributed by atoms with Crippen molar-refractivity contribution in [1.29, 1.82) is 5.26 Å². The summed E-state index contributed by atoms with van der Waals surface area (Å²) in [5.74, 6) is 0. The van der Waals surface area contributed by atoms with E-state index in [1.165, 1.54) is 15.3 Å². The van der Waals surface area contributed by atoms with Crippen LogP contribution < -0.4 is 5.32 Å². The Morgan fingerprint density at radius 2 is 2.00 bits per heavy atom. The lowest BCUT2D eigenvalue weighted by atomic mass is 10.2. The van der Waals surface area contributed by atoms with Crippen LogP contribution in [0.1, 0.15) is 24.1 Å². The molecule has 4 heteroatoms. The summed E-state index contributed by atoms with van der Waals surface area (Å²) < 4.78 is 1.14. The van der Waals surface area contributed by atoms with E-state index < -0.39 is 0 Å². The van der Waals surface area contributed by atoms with Gasteiger partial charge in [-0.25, -0.2) is 0 Å². The molecule has 0 saturated carbocycles. The third-order valence-corrected chi connectivity index (χ3v) is 4.80. The Labute approximate surface area is 132 Å². The number of halogens is 1. The van der Waals surface area contributed by atoms with Crippen molar-refractivity contribution in [3.8, 4) is 16.5 Å². The van der Waals surface area contributed by atoms with E-state index in [4.69, 9.17) is 5.26 Å². The molecule has 0 aliphatic carbocycles. The quantitative estimate of drug-likeness (QED) is 0.717. The Morgan fingerprint density at radius 3 is 2.80 bits per heavy atom. The van der Waals surface area contributed by atoms with Crippen LogP contribution in [0.25, 0.3) is 10.4 Å². The van der Waals surface area contributed by atoms with Gasteiger partial charge in [0.2, 0.25) is 0 Å². The zero-order chi connectivity index (χ0) is 14.2. The topological polar surface area (TPSA) is 35.8 Å². The molecule has 0 bridgehead atoms. The molecular weight excluding hydrogens is 332 g/mol. The van der Waals surface area contributed by atoms with Crippen molar-refractivity contribution in [2.45, 2.75) is 25.8 Å². The molecule has 20 heavy (non-hydrogen) atoms. The summed E-state index contributed by atoms with van der Waals surface area (Å²) in [6.45, 7) is 1.88. The maximum absolute atomic E-state index is 8.46. The Kier molecular flexibility index (Phi) is 6.25. The number of benzene rings is 1. The van der Waals surface area contributed by atoms with E-state index in [1.807, 2.05) is 17.4 Å². The van der Waals surface area contributed by atoms with Gasteiger partial charge in [-0.05, 0) is 37.6 Å². The van der Waals surface area contributed by atoms with Crippen LogP contribution in [0.15, 0.2) is 40.9 Å². The molecule has 2 nitrogen and oxygen atoms in total. The van der Waals surface area contributed by atoms with Crippen molar-refractivity contribution in [1.82, 2.24) is 5.32 Å². The Bertz CT molecular complexity index is 586. The molecule has 0 spiro atoms. The van der Waals surface area contributed by atoms with Crippen molar-refractivity contribution in [3.63, 3.8) is 0 Å². The first-order chi connectivity index (χ1) is 9.81. The Hall–Kier alpha value is -1.15. The summed E-state index contributed by atoms with van der Waals surface area (Å²) in [4.78, 5) is 2.63. The van der Waals surface area contributed by atoms with Crippen molar-refractivity contribution in [2.24, 2.45) is 0 Å². The minimum atomic E-state index is 0.660. The lowest BCUT2D eigenvalue weighted by Gasteiger charge is -2.02. The molecule has 0 fully saturated rings. The number of nitriles is 1. The van der Waals surface area contributed by atoms with Crippen LogP contribution in [0.2, 0.25) is 0 Å². The molecule has 2 rings (SSSR count).